The zero-order chi connectivity index (χ0) is 18.6. The number of hydrogen-bond acceptors (Lipinski definition) is 4. The Labute approximate surface area is 151 Å². The Morgan fingerprint density at radius 1 is 1.32 bits per heavy atom. The molecule has 0 bridgehead atoms. The highest BCUT2D eigenvalue weighted by Gasteiger charge is 2.49. The number of amidine groups is 1. The smallest absolute Gasteiger partial charge is 0.253 e. The molecule has 0 saturated carbocycles. The van der Waals surface area contributed by atoms with Crippen molar-refractivity contribution in [3.63, 3.8) is 0 Å². The lowest BCUT2D eigenvalue weighted by molar-refractivity contribution is -0.124. The fraction of sp³-hybridized carbons (Fsp3) is 0.529. The molecule has 0 unspecified atom stereocenters. The van der Waals surface area contributed by atoms with Crippen molar-refractivity contribution in [2.24, 2.45) is 10.4 Å². The zero-order valence-electron chi connectivity index (χ0n) is 14.6. The van der Waals surface area contributed by atoms with Crippen LogP contribution in [0.5, 0.6) is 0 Å². The Kier molecular flexibility index (Phi) is 4.48. The second-order valence-electron chi connectivity index (χ2n) is 7.55. The van der Waals surface area contributed by atoms with Gasteiger partial charge in [-0.25, -0.2) is 12.8 Å². The van der Waals surface area contributed by atoms with Crippen LogP contribution in [0.25, 0.3) is 0 Å². The molecule has 0 aliphatic carbocycles. The zero-order valence-corrected chi connectivity index (χ0v) is 16.2. The van der Waals surface area contributed by atoms with Crippen LogP contribution in [0, 0.1) is 18.2 Å². The molecule has 136 valence electrons. The lowest BCUT2D eigenvalue weighted by Gasteiger charge is -2.25. The first kappa shape index (κ1) is 18.4. The van der Waals surface area contributed by atoms with E-state index in [1.165, 1.54) is 17.8 Å². The summed E-state index contributed by atoms with van der Waals surface area (Å²) in [5.41, 5.74) is 0.401. The number of sulfone groups is 1. The first-order valence-corrected chi connectivity index (χ1v) is 10.7. The van der Waals surface area contributed by atoms with E-state index in [1.54, 1.807) is 44.7 Å². The fourth-order valence-electron chi connectivity index (χ4n) is 2.85. The number of aryl methyl sites for hydroxylation is 1. The number of anilines is 1. The van der Waals surface area contributed by atoms with E-state index in [2.05, 4.69) is 4.99 Å². The molecule has 2 aliphatic rings. The SMILES string of the molecule is Cc1ccc(N2C(=NC(=O)C(C)(C)C)S[C@H]3CS(=O)(=O)C[C@H]32)cc1F. The average molecular weight is 384 g/mol. The maximum atomic E-state index is 14.0. The normalized spacial score (nSPS) is 26.9. The van der Waals surface area contributed by atoms with Crippen LogP contribution in [0.1, 0.15) is 26.3 Å². The number of carbonyl (C=O) groups excluding carboxylic acids is 1. The van der Waals surface area contributed by atoms with E-state index < -0.39 is 15.3 Å². The second kappa shape index (κ2) is 6.09. The fourth-order valence-corrected chi connectivity index (χ4v) is 6.76. The largest absolute Gasteiger partial charge is 0.315 e. The average Bonchev–Trinajstić information content (AvgIpc) is 2.92. The lowest BCUT2D eigenvalue weighted by Crippen LogP contribution is -2.38. The van der Waals surface area contributed by atoms with Gasteiger partial charge >= 0.3 is 0 Å². The highest BCUT2D eigenvalue weighted by atomic mass is 32.2. The number of halogens is 1. The molecule has 2 aliphatic heterocycles. The van der Waals surface area contributed by atoms with E-state index in [1.807, 2.05) is 0 Å². The first-order valence-electron chi connectivity index (χ1n) is 8.03. The van der Waals surface area contributed by atoms with Crippen molar-refractivity contribution in [1.29, 1.82) is 0 Å². The minimum Gasteiger partial charge on any atom is -0.315 e. The number of carbonyl (C=O) groups is 1. The van der Waals surface area contributed by atoms with Gasteiger partial charge in [-0.15, -0.1) is 0 Å². The molecule has 2 heterocycles. The molecule has 5 nitrogen and oxygen atoms in total. The van der Waals surface area contributed by atoms with Crippen LogP contribution < -0.4 is 4.90 Å². The van der Waals surface area contributed by atoms with E-state index in [9.17, 15) is 17.6 Å². The van der Waals surface area contributed by atoms with E-state index in [0.717, 1.165) is 0 Å². The molecular formula is C17H21FN2O3S2. The predicted octanol–water partition coefficient (Wildman–Crippen LogP) is 2.78. The number of hydrogen-bond donors (Lipinski definition) is 0. The molecule has 0 spiro atoms. The molecule has 2 saturated heterocycles. The quantitative estimate of drug-likeness (QED) is 0.745. The number of aliphatic imine (C=N–C) groups is 1. The van der Waals surface area contributed by atoms with Gasteiger partial charge in [0.05, 0.1) is 17.5 Å². The number of benzene rings is 1. The third-order valence-corrected chi connectivity index (χ3v) is 7.55. The minimum absolute atomic E-state index is 0.0110. The molecule has 2 atom stereocenters. The van der Waals surface area contributed by atoms with Gasteiger partial charge in [0.1, 0.15) is 5.82 Å². The molecule has 2 fully saturated rings. The molecule has 0 aromatic heterocycles. The molecule has 3 rings (SSSR count). The maximum Gasteiger partial charge on any atom is 0.253 e. The van der Waals surface area contributed by atoms with Crippen LogP contribution >= 0.6 is 11.8 Å². The van der Waals surface area contributed by atoms with Crippen LogP contribution in [-0.4, -0.2) is 42.3 Å². The molecule has 8 heteroatoms. The Morgan fingerprint density at radius 2 is 2.00 bits per heavy atom. The summed E-state index contributed by atoms with van der Waals surface area (Å²) in [7, 11) is -3.14. The second-order valence-corrected chi connectivity index (χ2v) is 10.9. The molecule has 0 radical (unpaired) electrons. The Hall–Kier alpha value is -1.41. The van der Waals surface area contributed by atoms with Crippen molar-refractivity contribution in [2.75, 3.05) is 16.4 Å². The molecule has 25 heavy (non-hydrogen) atoms. The number of thioether (sulfide) groups is 1. The highest BCUT2D eigenvalue weighted by Crippen LogP contribution is 2.41. The van der Waals surface area contributed by atoms with Gasteiger partial charge in [0, 0.05) is 16.4 Å². The van der Waals surface area contributed by atoms with Gasteiger partial charge in [0.25, 0.3) is 5.91 Å². The van der Waals surface area contributed by atoms with Crippen molar-refractivity contribution in [1.82, 2.24) is 0 Å². The molecular weight excluding hydrogens is 363 g/mol. The standard InChI is InChI=1S/C17H21FN2O3S2/c1-10-5-6-11(7-12(10)18)20-13-8-25(22,23)9-14(13)24-16(20)19-15(21)17(2,3)4/h5-7,13-14H,8-9H2,1-4H3/t13-,14+/m1/s1. The Bertz CT molecular complexity index is 859. The Balaban J connectivity index is 2.05. The lowest BCUT2D eigenvalue weighted by atomic mass is 9.96. The topological polar surface area (TPSA) is 66.8 Å². The van der Waals surface area contributed by atoms with Crippen LogP contribution in [0.15, 0.2) is 23.2 Å². The van der Waals surface area contributed by atoms with Crippen molar-refractivity contribution < 1.29 is 17.6 Å². The summed E-state index contributed by atoms with van der Waals surface area (Å²) >= 11 is 1.29. The van der Waals surface area contributed by atoms with Crippen LogP contribution in [-0.2, 0) is 14.6 Å². The number of amides is 1. The number of fused-ring (bicyclic) bond motifs is 1. The molecule has 0 N–H and O–H groups in total. The van der Waals surface area contributed by atoms with Crippen molar-refractivity contribution >= 4 is 38.4 Å². The van der Waals surface area contributed by atoms with Gasteiger partial charge < -0.3 is 4.90 Å². The summed E-state index contributed by atoms with van der Waals surface area (Å²) in [6.07, 6.45) is 0. The van der Waals surface area contributed by atoms with E-state index >= 15 is 0 Å². The van der Waals surface area contributed by atoms with Crippen LogP contribution in [0.3, 0.4) is 0 Å². The molecule has 1 aromatic carbocycles. The summed E-state index contributed by atoms with van der Waals surface area (Å²) < 4.78 is 38.1. The number of nitrogens with zero attached hydrogens (tertiary/aromatic N) is 2. The van der Waals surface area contributed by atoms with Gasteiger partial charge in [-0.1, -0.05) is 38.6 Å². The van der Waals surface area contributed by atoms with Gasteiger partial charge in [-0.2, -0.15) is 4.99 Å². The monoisotopic (exact) mass is 384 g/mol. The minimum atomic E-state index is -3.14. The van der Waals surface area contributed by atoms with E-state index in [-0.39, 0.29) is 34.5 Å². The van der Waals surface area contributed by atoms with Crippen LogP contribution in [0.2, 0.25) is 0 Å². The van der Waals surface area contributed by atoms with Crippen LogP contribution in [0.4, 0.5) is 10.1 Å². The highest BCUT2D eigenvalue weighted by molar-refractivity contribution is 8.16. The predicted molar refractivity (Wildman–Crippen MR) is 99.3 cm³/mol. The molecule has 1 aromatic rings. The summed E-state index contributed by atoms with van der Waals surface area (Å²) in [5, 5.41) is 0.258. The third kappa shape index (κ3) is 3.60. The Morgan fingerprint density at radius 3 is 2.60 bits per heavy atom. The summed E-state index contributed by atoms with van der Waals surface area (Å²) in [6.45, 7) is 7.00. The molecule has 1 amide bonds. The van der Waals surface area contributed by atoms with Crippen molar-refractivity contribution in [2.45, 2.75) is 39.0 Å². The summed E-state index contributed by atoms with van der Waals surface area (Å²) in [4.78, 5) is 18.3. The van der Waals surface area contributed by atoms with Gasteiger partial charge in [-0.05, 0) is 24.6 Å². The summed E-state index contributed by atoms with van der Waals surface area (Å²) in [6, 6.07) is 4.43. The van der Waals surface area contributed by atoms with Crippen molar-refractivity contribution in [3.8, 4) is 0 Å². The van der Waals surface area contributed by atoms with Gasteiger partial charge in [0.15, 0.2) is 15.0 Å². The third-order valence-electron chi connectivity index (χ3n) is 4.34. The van der Waals surface area contributed by atoms with Gasteiger partial charge in [0.2, 0.25) is 0 Å². The maximum absolute atomic E-state index is 14.0. The first-order chi connectivity index (χ1) is 11.5. The number of rotatable bonds is 1. The van der Waals surface area contributed by atoms with E-state index in [0.29, 0.717) is 16.4 Å². The van der Waals surface area contributed by atoms with Gasteiger partial charge in [-0.3, -0.25) is 4.79 Å². The van der Waals surface area contributed by atoms with Crippen molar-refractivity contribution in [3.05, 3.63) is 29.6 Å². The van der Waals surface area contributed by atoms with E-state index in [4.69, 9.17) is 0 Å². The summed E-state index contributed by atoms with van der Waals surface area (Å²) in [5.74, 6) is -0.609.